The van der Waals surface area contributed by atoms with Crippen molar-refractivity contribution in [1.82, 2.24) is 15.2 Å². The first kappa shape index (κ1) is 13.1. The summed E-state index contributed by atoms with van der Waals surface area (Å²) >= 11 is 0. The maximum Gasteiger partial charge on any atom is 0.297 e. The van der Waals surface area contributed by atoms with E-state index in [0.717, 1.165) is 0 Å². The highest BCUT2D eigenvalue weighted by atomic mass is 16.3. The summed E-state index contributed by atoms with van der Waals surface area (Å²) in [7, 11) is 1.61. The van der Waals surface area contributed by atoms with Gasteiger partial charge in [-0.2, -0.15) is 0 Å². The third-order valence-corrected chi connectivity index (χ3v) is 2.76. The molecule has 0 saturated heterocycles. The van der Waals surface area contributed by atoms with Crippen LogP contribution in [-0.2, 0) is 0 Å². The summed E-state index contributed by atoms with van der Waals surface area (Å²) in [5.41, 5.74) is 0.584. The molecule has 1 aromatic heterocycles. The van der Waals surface area contributed by atoms with E-state index in [2.05, 4.69) is 15.2 Å². The number of benzene rings is 1. The van der Waals surface area contributed by atoms with E-state index in [1.54, 1.807) is 25.2 Å². The summed E-state index contributed by atoms with van der Waals surface area (Å²) in [6.45, 7) is 3.93. The van der Waals surface area contributed by atoms with Crippen LogP contribution in [-0.4, -0.2) is 33.2 Å². The summed E-state index contributed by atoms with van der Waals surface area (Å²) in [6.07, 6.45) is 0. The fourth-order valence-corrected chi connectivity index (χ4v) is 1.60. The van der Waals surface area contributed by atoms with Crippen molar-refractivity contribution in [3.63, 3.8) is 0 Å². The fourth-order valence-electron chi connectivity index (χ4n) is 1.60. The Morgan fingerprint density at radius 2 is 2.16 bits per heavy atom. The first-order valence-corrected chi connectivity index (χ1v) is 5.98. The minimum atomic E-state index is -0.325. The van der Waals surface area contributed by atoms with Crippen LogP contribution in [0.1, 0.15) is 36.2 Å². The van der Waals surface area contributed by atoms with Crippen molar-refractivity contribution < 1.29 is 9.90 Å². The van der Waals surface area contributed by atoms with Gasteiger partial charge in [-0.25, -0.2) is 4.98 Å². The van der Waals surface area contributed by atoms with Gasteiger partial charge < -0.3 is 10.0 Å². The third-order valence-electron chi connectivity index (χ3n) is 2.76. The molecule has 0 saturated carbocycles. The SMILES string of the molecule is CC(C)c1nc(C(=O)N(C)c2cccc(O)c2)n[nH]1. The zero-order valence-corrected chi connectivity index (χ0v) is 11.1. The zero-order valence-electron chi connectivity index (χ0n) is 11.1. The van der Waals surface area contributed by atoms with Crippen molar-refractivity contribution in [2.75, 3.05) is 11.9 Å². The number of phenols is 1. The lowest BCUT2D eigenvalue weighted by atomic mass is 10.2. The molecule has 1 aromatic carbocycles. The summed E-state index contributed by atoms with van der Waals surface area (Å²) < 4.78 is 0. The second-order valence-electron chi connectivity index (χ2n) is 4.58. The molecule has 100 valence electrons. The fraction of sp³-hybridized carbons (Fsp3) is 0.308. The van der Waals surface area contributed by atoms with Crippen LogP contribution in [0.25, 0.3) is 0 Å². The van der Waals surface area contributed by atoms with Gasteiger partial charge in [0.25, 0.3) is 5.91 Å². The third kappa shape index (κ3) is 2.73. The predicted molar refractivity (Wildman–Crippen MR) is 71.3 cm³/mol. The number of H-pyrrole nitrogens is 1. The number of rotatable bonds is 3. The summed E-state index contributed by atoms with van der Waals surface area (Å²) in [5.74, 6) is 0.756. The lowest BCUT2D eigenvalue weighted by molar-refractivity contribution is 0.0983. The molecule has 1 amide bonds. The highest BCUT2D eigenvalue weighted by Gasteiger charge is 2.19. The van der Waals surface area contributed by atoms with E-state index in [1.165, 1.54) is 11.0 Å². The number of aromatic nitrogens is 3. The van der Waals surface area contributed by atoms with Crippen LogP contribution in [0.4, 0.5) is 5.69 Å². The Bertz CT molecular complexity index is 592. The molecular formula is C13H16N4O2. The summed E-state index contributed by atoms with van der Waals surface area (Å²) in [6, 6.07) is 6.46. The van der Waals surface area contributed by atoms with Gasteiger partial charge in [0.1, 0.15) is 11.6 Å². The minimum absolute atomic E-state index is 0.106. The van der Waals surface area contributed by atoms with Crippen LogP contribution in [0.15, 0.2) is 24.3 Å². The highest BCUT2D eigenvalue weighted by Crippen LogP contribution is 2.20. The topological polar surface area (TPSA) is 82.1 Å². The van der Waals surface area contributed by atoms with E-state index in [4.69, 9.17) is 0 Å². The average molecular weight is 260 g/mol. The van der Waals surface area contributed by atoms with Crippen molar-refractivity contribution in [1.29, 1.82) is 0 Å². The Kier molecular flexibility index (Phi) is 3.50. The van der Waals surface area contributed by atoms with Gasteiger partial charge in [-0.05, 0) is 12.1 Å². The second kappa shape index (κ2) is 5.09. The maximum absolute atomic E-state index is 12.2. The molecule has 0 radical (unpaired) electrons. The van der Waals surface area contributed by atoms with E-state index < -0.39 is 0 Å². The number of anilines is 1. The molecule has 6 nitrogen and oxygen atoms in total. The largest absolute Gasteiger partial charge is 0.508 e. The quantitative estimate of drug-likeness (QED) is 0.883. The molecule has 2 aromatic rings. The molecule has 0 bridgehead atoms. The molecule has 0 fully saturated rings. The van der Waals surface area contributed by atoms with Gasteiger partial charge in [0.05, 0.1) is 0 Å². The van der Waals surface area contributed by atoms with Gasteiger partial charge in [0.15, 0.2) is 0 Å². The molecule has 0 aliphatic carbocycles. The maximum atomic E-state index is 12.2. The van der Waals surface area contributed by atoms with Crippen molar-refractivity contribution in [2.45, 2.75) is 19.8 Å². The number of carbonyl (C=O) groups excluding carboxylic acids is 1. The normalized spacial score (nSPS) is 10.7. The van der Waals surface area contributed by atoms with Crippen molar-refractivity contribution in [3.8, 4) is 5.75 Å². The number of nitrogens with zero attached hydrogens (tertiary/aromatic N) is 3. The standard InChI is InChI=1S/C13H16N4O2/c1-8(2)11-14-12(16-15-11)13(19)17(3)9-5-4-6-10(18)7-9/h4-8,18H,1-3H3,(H,14,15,16). The number of hydrogen-bond donors (Lipinski definition) is 2. The molecule has 0 aliphatic rings. The van der Waals surface area contributed by atoms with Gasteiger partial charge >= 0.3 is 0 Å². The van der Waals surface area contributed by atoms with E-state index in [0.29, 0.717) is 11.5 Å². The number of aromatic hydroxyl groups is 1. The number of carbonyl (C=O) groups is 1. The number of phenolic OH excluding ortho intramolecular Hbond substituents is 1. The molecule has 1 heterocycles. The number of aromatic amines is 1. The van der Waals surface area contributed by atoms with Crippen LogP contribution < -0.4 is 4.90 Å². The number of hydrogen-bond acceptors (Lipinski definition) is 4. The molecule has 0 atom stereocenters. The van der Waals surface area contributed by atoms with Crippen LogP contribution >= 0.6 is 0 Å². The van der Waals surface area contributed by atoms with Gasteiger partial charge in [-0.15, -0.1) is 5.10 Å². The number of nitrogens with one attached hydrogen (secondary N) is 1. The van der Waals surface area contributed by atoms with Gasteiger partial charge in [-0.1, -0.05) is 19.9 Å². The molecule has 0 aliphatic heterocycles. The van der Waals surface area contributed by atoms with Gasteiger partial charge in [-0.3, -0.25) is 9.89 Å². The lowest BCUT2D eigenvalue weighted by Gasteiger charge is -2.15. The van der Waals surface area contributed by atoms with Crippen LogP contribution in [0.3, 0.4) is 0 Å². The molecule has 2 N–H and O–H groups in total. The number of amides is 1. The monoisotopic (exact) mass is 260 g/mol. The highest BCUT2D eigenvalue weighted by molar-refractivity contribution is 6.03. The molecule has 2 rings (SSSR count). The van der Waals surface area contributed by atoms with Crippen LogP contribution in [0.2, 0.25) is 0 Å². The first-order chi connectivity index (χ1) is 8.99. The smallest absolute Gasteiger partial charge is 0.297 e. The second-order valence-corrected chi connectivity index (χ2v) is 4.58. The Hall–Kier alpha value is -2.37. The van der Waals surface area contributed by atoms with E-state index >= 15 is 0 Å². The molecule has 0 unspecified atom stereocenters. The minimum Gasteiger partial charge on any atom is -0.508 e. The average Bonchev–Trinajstić information content (AvgIpc) is 2.86. The molecule has 19 heavy (non-hydrogen) atoms. The van der Waals surface area contributed by atoms with Gasteiger partial charge in [0, 0.05) is 24.7 Å². The Balaban J connectivity index is 2.23. The molecular weight excluding hydrogens is 244 g/mol. The molecule has 6 heteroatoms. The van der Waals surface area contributed by atoms with E-state index in [9.17, 15) is 9.90 Å². The zero-order chi connectivity index (χ0) is 14.0. The van der Waals surface area contributed by atoms with Crippen molar-refractivity contribution >= 4 is 11.6 Å². The van der Waals surface area contributed by atoms with E-state index in [1.807, 2.05) is 13.8 Å². The van der Waals surface area contributed by atoms with E-state index in [-0.39, 0.29) is 23.4 Å². The van der Waals surface area contributed by atoms with Crippen LogP contribution in [0, 0.1) is 0 Å². The van der Waals surface area contributed by atoms with Gasteiger partial charge in [0.2, 0.25) is 5.82 Å². The summed E-state index contributed by atoms with van der Waals surface area (Å²) in [5, 5.41) is 16.1. The van der Waals surface area contributed by atoms with Crippen LogP contribution in [0.5, 0.6) is 5.75 Å². The summed E-state index contributed by atoms with van der Waals surface area (Å²) in [4.78, 5) is 17.7. The van der Waals surface area contributed by atoms with Crippen molar-refractivity contribution in [3.05, 3.63) is 35.9 Å². The Morgan fingerprint density at radius 1 is 1.42 bits per heavy atom. The van der Waals surface area contributed by atoms with Crippen molar-refractivity contribution in [2.24, 2.45) is 0 Å². The first-order valence-electron chi connectivity index (χ1n) is 5.98. The lowest BCUT2D eigenvalue weighted by Crippen LogP contribution is -2.27. The Morgan fingerprint density at radius 3 is 2.74 bits per heavy atom. The Labute approximate surface area is 111 Å². The predicted octanol–water partition coefficient (Wildman–Crippen LogP) is 1.91. The molecule has 0 spiro atoms.